The molecule has 5 nitrogen and oxygen atoms in total. The molecule has 0 spiro atoms. The first-order chi connectivity index (χ1) is 7.59. The standard InChI is InChI=1S/C9H6I2N4O/c10-5-1-6(8(16)7(11)2-5)9(12)15-3-13-14-4-15/h1-4,12,16H. The lowest BCUT2D eigenvalue weighted by Crippen LogP contribution is -2.11. The molecule has 7 heteroatoms. The van der Waals surface area contributed by atoms with E-state index in [0.29, 0.717) is 5.56 Å². The van der Waals surface area contributed by atoms with E-state index in [1.54, 1.807) is 6.07 Å². The molecule has 1 aromatic carbocycles. The van der Waals surface area contributed by atoms with E-state index < -0.39 is 0 Å². The summed E-state index contributed by atoms with van der Waals surface area (Å²) in [6, 6.07) is 3.60. The molecule has 0 bridgehead atoms. The van der Waals surface area contributed by atoms with Crippen LogP contribution in [-0.2, 0) is 0 Å². The highest BCUT2D eigenvalue weighted by Gasteiger charge is 2.13. The fourth-order valence-corrected chi connectivity index (χ4v) is 3.05. The lowest BCUT2D eigenvalue weighted by molar-refractivity contribution is 0.470. The van der Waals surface area contributed by atoms with Crippen LogP contribution in [0.15, 0.2) is 24.8 Å². The van der Waals surface area contributed by atoms with Gasteiger partial charge in [0.1, 0.15) is 24.2 Å². The number of phenols is 1. The highest BCUT2D eigenvalue weighted by atomic mass is 127. The van der Waals surface area contributed by atoms with Crippen LogP contribution in [-0.4, -0.2) is 25.7 Å². The summed E-state index contributed by atoms with van der Waals surface area (Å²) in [7, 11) is 0. The molecular formula is C9H6I2N4O. The van der Waals surface area contributed by atoms with Crippen molar-refractivity contribution in [2.75, 3.05) is 0 Å². The molecule has 1 heterocycles. The molecule has 0 saturated heterocycles. The van der Waals surface area contributed by atoms with Crippen molar-refractivity contribution in [1.29, 1.82) is 5.41 Å². The Kier molecular flexibility index (Phi) is 3.42. The zero-order valence-corrected chi connectivity index (χ0v) is 12.2. The molecule has 2 N–H and O–H groups in total. The smallest absolute Gasteiger partial charge is 0.142 e. The third kappa shape index (κ3) is 2.19. The quantitative estimate of drug-likeness (QED) is 0.406. The summed E-state index contributed by atoms with van der Waals surface area (Å²) in [5.74, 6) is 0.263. The Labute approximate surface area is 119 Å². The van der Waals surface area contributed by atoms with Crippen molar-refractivity contribution in [3.05, 3.63) is 37.5 Å². The Morgan fingerprint density at radius 1 is 1.25 bits per heavy atom. The minimum absolute atomic E-state index is 0.111. The number of hydrogen-bond donors (Lipinski definition) is 2. The predicted molar refractivity (Wildman–Crippen MR) is 75.8 cm³/mol. The molecule has 16 heavy (non-hydrogen) atoms. The molecule has 0 aliphatic carbocycles. The van der Waals surface area contributed by atoms with Gasteiger partial charge in [-0.25, -0.2) is 0 Å². The zero-order valence-electron chi connectivity index (χ0n) is 7.85. The van der Waals surface area contributed by atoms with Gasteiger partial charge < -0.3 is 5.11 Å². The van der Waals surface area contributed by atoms with Gasteiger partial charge in [0.05, 0.1) is 9.13 Å². The van der Waals surface area contributed by atoms with Crippen molar-refractivity contribution < 1.29 is 5.11 Å². The van der Waals surface area contributed by atoms with Crippen LogP contribution >= 0.6 is 45.2 Å². The van der Waals surface area contributed by atoms with Gasteiger partial charge in [0.2, 0.25) is 0 Å². The van der Waals surface area contributed by atoms with Crippen LogP contribution < -0.4 is 0 Å². The second kappa shape index (κ2) is 4.65. The van der Waals surface area contributed by atoms with E-state index in [0.717, 1.165) is 7.14 Å². The van der Waals surface area contributed by atoms with Crippen molar-refractivity contribution in [2.45, 2.75) is 0 Å². The van der Waals surface area contributed by atoms with Gasteiger partial charge in [0.25, 0.3) is 0 Å². The van der Waals surface area contributed by atoms with Crippen molar-refractivity contribution >= 4 is 51.0 Å². The molecule has 0 aliphatic rings. The molecule has 0 unspecified atom stereocenters. The number of phenolic OH excluding ortho intramolecular Hbond substituents is 1. The highest BCUT2D eigenvalue weighted by molar-refractivity contribution is 14.1. The molecular weight excluding hydrogens is 434 g/mol. The van der Waals surface area contributed by atoms with Crippen molar-refractivity contribution in [1.82, 2.24) is 14.8 Å². The van der Waals surface area contributed by atoms with Gasteiger partial charge in [-0.05, 0) is 57.3 Å². The Bertz CT molecular complexity index is 539. The third-order valence-corrected chi connectivity index (χ3v) is 3.41. The molecule has 0 aliphatic heterocycles. The molecule has 0 saturated carbocycles. The first kappa shape index (κ1) is 11.8. The Balaban J connectivity index is 2.52. The van der Waals surface area contributed by atoms with Crippen LogP contribution in [0.4, 0.5) is 0 Å². The van der Waals surface area contributed by atoms with E-state index >= 15 is 0 Å². The van der Waals surface area contributed by atoms with Gasteiger partial charge in [-0.3, -0.25) is 9.98 Å². The average Bonchev–Trinajstić information content (AvgIpc) is 2.75. The van der Waals surface area contributed by atoms with Gasteiger partial charge in [0.15, 0.2) is 0 Å². The number of aromatic nitrogens is 3. The van der Waals surface area contributed by atoms with Crippen LogP contribution in [0, 0.1) is 12.5 Å². The molecule has 0 amide bonds. The third-order valence-electron chi connectivity index (χ3n) is 1.96. The maximum Gasteiger partial charge on any atom is 0.142 e. The molecule has 2 aromatic rings. The highest BCUT2D eigenvalue weighted by Crippen LogP contribution is 2.27. The predicted octanol–water partition coefficient (Wildman–Crippen LogP) is 2.07. The normalized spacial score (nSPS) is 10.4. The van der Waals surface area contributed by atoms with Gasteiger partial charge >= 0.3 is 0 Å². The van der Waals surface area contributed by atoms with Crippen LogP contribution in [0.3, 0.4) is 0 Å². The fourth-order valence-electron chi connectivity index (χ4n) is 1.20. The number of aromatic hydroxyl groups is 1. The molecule has 0 fully saturated rings. The van der Waals surface area contributed by atoms with Gasteiger partial charge in [0, 0.05) is 3.57 Å². The Morgan fingerprint density at radius 3 is 2.50 bits per heavy atom. The number of nitrogens with one attached hydrogen (secondary N) is 1. The maximum atomic E-state index is 9.89. The minimum atomic E-state index is 0.111. The van der Waals surface area contributed by atoms with Crippen molar-refractivity contribution in [2.24, 2.45) is 0 Å². The van der Waals surface area contributed by atoms with E-state index in [9.17, 15) is 5.11 Å². The Morgan fingerprint density at radius 2 is 1.88 bits per heavy atom. The molecule has 1 aromatic heterocycles. The lowest BCUT2D eigenvalue weighted by atomic mass is 10.2. The first-order valence-corrected chi connectivity index (χ1v) is 6.37. The SMILES string of the molecule is N=C(c1cc(I)cc(I)c1O)n1cnnc1. The van der Waals surface area contributed by atoms with Gasteiger partial charge in [-0.15, -0.1) is 10.2 Å². The number of halogens is 2. The van der Waals surface area contributed by atoms with Crippen LogP contribution in [0.2, 0.25) is 0 Å². The minimum Gasteiger partial charge on any atom is -0.506 e. The fraction of sp³-hybridized carbons (Fsp3) is 0. The second-order valence-electron chi connectivity index (χ2n) is 3.00. The van der Waals surface area contributed by atoms with Crippen molar-refractivity contribution in [3.63, 3.8) is 0 Å². The molecule has 82 valence electrons. The molecule has 0 atom stereocenters. The summed E-state index contributed by atoms with van der Waals surface area (Å²) in [6.07, 6.45) is 2.85. The topological polar surface area (TPSA) is 74.8 Å². The number of hydrogen-bond acceptors (Lipinski definition) is 4. The zero-order chi connectivity index (χ0) is 11.7. The van der Waals surface area contributed by atoms with E-state index in [2.05, 4.69) is 32.8 Å². The summed E-state index contributed by atoms with van der Waals surface area (Å²) in [4.78, 5) is 0. The molecule has 2 rings (SSSR count). The summed E-state index contributed by atoms with van der Waals surface area (Å²) in [5, 5.41) is 25.1. The number of nitrogens with zero attached hydrogens (tertiary/aromatic N) is 3. The van der Waals surface area contributed by atoms with Crippen LogP contribution in [0.25, 0.3) is 0 Å². The number of rotatable bonds is 1. The summed E-state index contributed by atoms with van der Waals surface area (Å²) >= 11 is 4.18. The van der Waals surface area contributed by atoms with E-state index in [4.69, 9.17) is 5.41 Å². The monoisotopic (exact) mass is 440 g/mol. The molecule has 0 radical (unpaired) electrons. The van der Waals surface area contributed by atoms with Crippen molar-refractivity contribution in [3.8, 4) is 5.75 Å². The van der Waals surface area contributed by atoms with Gasteiger partial charge in [-0.1, -0.05) is 0 Å². The summed E-state index contributed by atoms with van der Waals surface area (Å²) in [5.41, 5.74) is 0.469. The van der Waals surface area contributed by atoms with Crippen LogP contribution in [0.5, 0.6) is 5.75 Å². The number of benzene rings is 1. The van der Waals surface area contributed by atoms with Crippen LogP contribution in [0.1, 0.15) is 5.56 Å². The van der Waals surface area contributed by atoms with Gasteiger partial charge in [-0.2, -0.15) is 0 Å². The summed E-state index contributed by atoms with van der Waals surface area (Å²) in [6.45, 7) is 0. The van der Waals surface area contributed by atoms with E-state index in [1.165, 1.54) is 17.2 Å². The largest absolute Gasteiger partial charge is 0.506 e. The average molecular weight is 440 g/mol. The second-order valence-corrected chi connectivity index (χ2v) is 5.41. The lowest BCUT2D eigenvalue weighted by Gasteiger charge is -2.08. The van der Waals surface area contributed by atoms with E-state index in [1.807, 2.05) is 28.7 Å². The summed E-state index contributed by atoms with van der Waals surface area (Å²) < 4.78 is 3.13. The first-order valence-electron chi connectivity index (χ1n) is 4.21. The maximum absolute atomic E-state index is 9.89. The Hall–Kier alpha value is -0.710. The van der Waals surface area contributed by atoms with E-state index in [-0.39, 0.29) is 11.6 Å².